The van der Waals surface area contributed by atoms with Crippen molar-refractivity contribution in [3.8, 4) is 5.69 Å². The van der Waals surface area contributed by atoms with E-state index in [0.29, 0.717) is 5.92 Å². The number of aryl methyl sites for hydroxylation is 1. The van der Waals surface area contributed by atoms with E-state index < -0.39 is 0 Å². The number of halogens is 1. The Balaban J connectivity index is 1.71. The molecule has 2 aromatic rings. The van der Waals surface area contributed by atoms with E-state index in [4.69, 9.17) is 0 Å². The average molecular weight is 344 g/mol. The SMILES string of the molecule is Cc1nccn1-c1ccc(F)cc1CNC(=O)N(C)C1CCC(C)C1. The molecule has 0 bridgehead atoms. The summed E-state index contributed by atoms with van der Waals surface area (Å²) < 4.78 is 15.6. The van der Waals surface area contributed by atoms with Crippen molar-refractivity contribution in [1.29, 1.82) is 0 Å². The topological polar surface area (TPSA) is 50.2 Å². The van der Waals surface area contributed by atoms with Crippen LogP contribution in [0, 0.1) is 18.7 Å². The lowest BCUT2D eigenvalue weighted by Crippen LogP contribution is -2.42. The van der Waals surface area contributed by atoms with Crippen LogP contribution in [-0.2, 0) is 6.54 Å². The fourth-order valence-corrected chi connectivity index (χ4v) is 3.55. The number of hydrogen-bond donors (Lipinski definition) is 1. The minimum atomic E-state index is -0.316. The van der Waals surface area contributed by atoms with E-state index in [1.807, 2.05) is 24.7 Å². The molecule has 1 aliphatic carbocycles. The van der Waals surface area contributed by atoms with Crippen molar-refractivity contribution in [1.82, 2.24) is 19.8 Å². The first-order valence-corrected chi connectivity index (χ1v) is 8.75. The van der Waals surface area contributed by atoms with Crippen molar-refractivity contribution in [3.63, 3.8) is 0 Å². The lowest BCUT2D eigenvalue weighted by molar-refractivity contribution is 0.189. The van der Waals surface area contributed by atoms with Gasteiger partial charge in [0, 0.05) is 32.0 Å². The van der Waals surface area contributed by atoms with Gasteiger partial charge in [-0.2, -0.15) is 0 Å². The monoisotopic (exact) mass is 344 g/mol. The van der Waals surface area contributed by atoms with Crippen molar-refractivity contribution >= 4 is 6.03 Å². The van der Waals surface area contributed by atoms with Crippen LogP contribution in [0.2, 0.25) is 0 Å². The van der Waals surface area contributed by atoms with Gasteiger partial charge in [-0.3, -0.25) is 0 Å². The Bertz CT molecular complexity index is 758. The largest absolute Gasteiger partial charge is 0.334 e. The molecule has 0 saturated heterocycles. The molecule has 3 rings (SSSR count). The number of urea groups is 1. The molecule has 134 valence electrons. The molecular formula is C19H25FN4O. The Kier molecular flexibility index (Phi) is 5.06. The van der Waals surface area contributed by atoms with Gasteiger partial charge < -0.3 is 14.8 Å². The average Bonchev–Trinajstić information content (AvgIpc) is 3.20. The summed E-state index contributed by atoms with van der Waals surface area (Å²) >= 11 is 0. The quantitative estimate of drug-likeness (QED) is 0.920. The zero-order valence-corrected chi connectivity index (χ0v) is 15.0. The summed E-state index contributed by atoms with van der Waals surface area (Å²) in [5.41, 5.74) is 1.55. The van der Waals surface area contributed by atoms with Gasteiger partial charge in [-0.25, -0.2) is 14.2 Å². The van der Waals surface area contributed by atoms with E-state index >= 15 is 0 Å². The highest BCUT2D eigenvalue weighted by atomic mass is 19.1. The van der Waals surface area contributed by atoms with Crippen molar-refractivity contribution < 1.29 is 9.18 Å². The van der Waals surface area contributed by atoms with E-state index in [2.05, 4.69) is 17.2 Å². The molecule has 1 aromatic carbocycles. The van der Waals surface area contributed by atoms with E-state index in [1.54, 1.807) is 17.2 Å². The number of aromatic nitrogens is 2. The molecule has 0 aliphatic heterocycles. The fraction of sp³-hybridized carbons (Fsp3) is 0.474. The molecule has 1 aromatic heterocycles. The summed E-state index contributed by atoms with van der Waals surface area (Å²) in [5.74, 6) is 1.17. The van der Waals surface area contributed by atoms with E-state index in [0.717, 1.165) is 36.3 Å². The van der Waals surface area contributed by atoms with Crippen LogP contribution in [0.5, 0.6) is 0 Å². The highest BCUT2D eigenvalue weighted by Crippen LogP contribution is 2.28. The second-order valence-corrected chi connectivity index (χ2v) is 6.96. The predicted octanol–water partition coefficient (Wildman–Crippen LogP) is 3.65. The zero-order chi connectivity index (χ0) is 18.0. The summed E-state index contributed by atoms with van der Waals surface area (Å²) in [6.45, 7) is 4.38. The van der Waals surface area contributed by atoms with Gasteiger partial charge in [0.05, 0.1) is 5.69 Å². The number of nitrogens with zero attached hydrogens (tertiary/aromatic N) is 3. The van der Waals surface area contributed by atoms with E-state index in [9.17, 15) is 9.18 Å². The van der Waals surface area contributed by atoms with E-state index in [-0.39, 0.29) is 24.4 Å². The summed E-state index contributed by atoms with van der Waals surface area (Å²) in [4.78, 5) is 18.5. The normalized spacial score (nSPS) is 19.8. The van der Waals surface area contributed by atoms with Crippen molar-refractivity contribution in [2.75, 3.05) is 7.05 Å². The van der Waals surface area contributed by atoms with Gasteiger partial charge in [0.15, 0.2) is 0 Å². The Morgan fingerprint density at radius 2 is 2.24 bits per heavy atom. The summed E-state index contributed by atoms with van der Waals surface area (Å²) in [7, 11) is 1.84. The third kappa shape index (κ3) is 3.83. The first-order chi connectivity index (χ1) is 12.0. The van der Waals surface area contributed by atoms with Crippen molar-refractivity contribution in [2.24, 2.45) is 5.92 Å². The van der Waals surface area contributed by atoms with Gasteiger partial charge in [-0.05, 0) is 55.9 Å². The maximum absolute atomic E-state index is 13.7. The molecule has 2 amide bonds. The molecule has 1 aliphatic rings. The van der Waals surface area contributed by atoms with Crippen LogP contribution < -0.4 is 5.32 Å². The van der Waals surface area contributed by atoms with Gasteiger partial charge in [-0.1, -0.05) is 6.92 Å². The number of imidazole rings is 1. The summed E-state index contributed by atoms with van der Waals surface area (Å²) in [6.07, 6.45) is 6.79. The molecule has 5 nitrogen and oxygen atoms in total. The molecule has 1 heterocycles. The first kappa shape index (κ1) is 17.5. The van der Waals surface area contributed by atoms with Crippen LogP contribution >= 0.6 is 0 Å². The predicted molar refractivity (Wildman–Crippen MR) is 95.1 cm³/mol. The Morgan fingerprint density at radius 1 is 1.44 bits per heavy atom. The number of rotatable bonds is 4. The molecule has 1 fully saturated rings. The summed E-state index contributed by atoms with van der Waals surface area (Å²) in [5, 5.41) is 2.93. The number of nitrogens with one attached hydrogen (secondary N) is 1. The maximum Gasteiger partial charge on any atom is 0.317 e. The van der Waals surface area contributed by atoms with Gasteiger partial charge in [0.25, 0.3) is 0 Å². The zero-order valence-electron chi connectivity index (χ0n) is 15.0. The van der Waals surface area contributed by atoms with Crippen LogP contribution in [0.3, 0.4) is 0 Å². The Labute approximate surface area is 147 Å². The number of benzene rings is 1. The highest BCUT2D eigenvalue weighted by molar-refractivity contribution is 5.74. The lowest BCUT2D eigenvalue weighted by atomic mass is 10.1. The molecule has 2 unspecified atom stereocenters. The number of hydrogen-bond acceptors (Lipinski definition) is 2. The molecule has 0 radical (unpaired) electrons. The molecule has 0 spiro atoms. The Hall–Kier alpha value is -2.37. The van der Waals surface area contributed by atoms with Crippen LogP contribution in [0.25, 0.3) is 5.69 Å². The van der Waals surface area contributed by atoms with E-state index in [1.165, 1.54) is 12.1 Å². The van der Waals surface area contributed by atoms with Crippen molar-refractivity contribution in [2.45, 2.75) is 45.7 Å². The number of carbonyl (C=O) groups excluding carboxylic acids is 1. The molecule has 1 N–H and O–H groups in total. The second kappa shape index (κ2) is 7.25. The van der Waals surface area contributed by atoms with Crippen LogP contribution in [0.1, 0.15) is 37.6 Å². The fourth-order valence-electron chi connectivity index (χ4n) is 3.55. The van der Waals surface area contributed by atoms with Gasteiger partial charge >= 0.3 is 6.03 Å². The van der Waals surface area contributed by atoms with Crippen LogP contribution in [-0.4, -0.2) is 33.6 Å². The van der Waals surface area contributed by atoms with Crippen LogP contribution in [0.4, 0.5) is 9.18 Å². The second-order valence-electron chi connectivity index (χ2n) is 6.96. The minimum absolute atomic E-state index is 0.114. The van der Waals surface area contributed by atoms with Crippen molar-refractivity contribution in [3.05, 3.63) is 47.8 Å². The third-order valence-electron chi connectivity index (χ3n) is 5.09. The Morgan fingerprint density at radius 3 is 2.88 bits per heavy atom. The van der Waals surface area contributed by atoms with Gasteiger partial charge in [-0.15, -0.1) is 0 Å². The highest BCUT2D eigenvalue weighted by Gasteiger charge is 2.27. The minimum Gasteiger partial charge on any atom is -0.334 e. The van der Waals surface area contributed by atoms with Crippen LogP contribution in [0.15, 0.2) is 30.6 Å². The lowest BCUT2D eigenvalue weighted by Gasteiger charge is -2.25. The smallest absolute Gasteiger partial charge is 0.317 e. The molecule has 6 heteroatoms. The molecule has 25 heavy (non-hydrogen) atoms. The number of amides is 2. The maximum atomic E-state index is 13.7. The molecule has 2 atom stereocenters. The standard InChI is InChI=1S/C19H25FN4O/c1-13-4-6-17(10-13)23(3)19(25)22-12-15-11-16(20)5-7-18(15)24-9-8-21-14(24)2/h5,7-9,11,13,17H,4,6,10,12H2,1-3H3,(H,22,25). The molecular weight excluding hydrogens is 319 g/mol. The van der Waals surface area contributed by atoms with Gasteiger partial charge in [0.1, 0.15) is 11.6 Å². The number of carbonyl (C=O) groups is 1. The third-order valence-corrected chi connectivity index (χ3v) is 5.09. The molecule has 1 saturated carbocycles. The first-order valence-electron chi connectivity index (χ1n) is 8.75. The van der Waals surface area contributed by atoms with Gasteiger partial charge in [0.2, 0.25) is 0 Å². The summed E-state index contributed by atoms with van der Waals surface area (Å²) in [6, 6.07) is 4.78.